The van der Waals surface area contributed by atoms with Crippen molar-refractivity contribution in [2.45, 2.75) is 19.5 Å². The van der Waals surface area contributed by atoms with Crippen molar-refractivity contribution in [2.24, 2.45) is 0 Å². The first kappa shape index (κ1) is 28.7. The van der Waals surface area contributed by atoms with Gasteiger partial charge in [0.2, 0.25) is 0 Å². The first-order valence-electron chi connectivity index (χ1n) is 12.0. The van der Waals surface area contributed by atoms with Crippen LogP contribution >= 0.6 is 0 Å². The van der Waals surface area contributed by atoms with Crippen LogP contribution in [0.3, 0.4) is 0 Å². The summed E-state index contributed by atoms with van der Waals surface area (Å²) < 4.78 is 49.4. The molecule has 4 aromatic rings. The zero-order valence-electron chi connectivity index (χ0n) is 21.5. The van der Waals surface area contributed by atoms with Gasteiger partial charge in [-0.15, -0.1) is 13.2 Å². The Labute approximate surface area is 230 Å². The van der Waals surface area contributed by atoms with E-state index in [-0.39, 0.29) is 23.4 Å². The van der Waals surface area contributed by atoms with Gasteiger partial charge in [0, 0.05) is 29.4 Å². The van der Waals surface area contributed by atoms with E-state index in [1.807, 2.05) is 4.98 Å². The molecule has 10 nitrogen and oxygen atoms in total. The van der Waals surface area contributed by atoms with Crippen LogP contribution in [0.1, 0.15) is 32.0 Å². The molecule has 0 unspecified atom stereocenters. The zero-order valence-corrected chi connectivity index (χ0v) is 21.5. The molecule has 0 atom stereocenters. The van der Waals surface area contributed by atoms with Crippen LogP contribution in [0.25, 0.3) is 0 Å². The minimum absolute atomic E-state index is 0.0835. The number of nitrogens with zero attached hydrogens (tertiary/aromatic N) is 1. The Balaban J connectivity index is 1.67. The summed E-state index contributed by atoms with van der Waals surface area (Å²) in [6, 6.07) is 19.2. The third kappa shape index (κ3) is 7.85. The second kappa shape index (κ2) is 12.2. The van der Waals surface area contributed by atoms with Crippen molar-refractivity contribution < 1.29 is 32.2 Å². The maximum atomic E-state index is 13.4. The summed E-state index contributed by atoms with van der Waals surface area (Å²) in [5, 5.41) is 2.58. The molecule has 13 heteroatoms. The molecule has 0 fully saturated rings. The lowest BCUT2D eigenvalue weighted by Gasteiger charge is -2.24. The largest absolute Gasteiger partial charge is 0.573 e. The summed E-state index contributed by atoms with van der Waals surface area (Å²) in [7, 11) is 1.48. The van der Waals surface area contributed by atoms with Crippen LogP contribution in [-0.2, 0) is 13.1 Å². The van der Waals surface area contributed by atoms with E-state index in [0.29, 0.717) is 17.0 Å². The first-order chi connectivity index (χ1) is 19.5. The number of hydrogen-bond donors (Lipinski definition) is 3. The number of H-pyrrole nitrogens is 2. The van der Waals surface area contributed by atoms with Crippen molar-refractivity contribution in [1.82, 2.24) is 14.9 Å². The molecule has 3 N–H and O–H groups in total. The van der Waals surface area contributed by atoms with Crippen LogP contribution in [0.15, 0.2) is 88.5 Å². The second-order valence-electron chi connectivity index (χ2n) is 8.70. The fourth-order valence-corrected chi connectivity index (χ4v) is 3.89. The van der Waals surface area contributed by atoms with E-state index in [1.54, 1.807) is 54.6 Å². The minimum Gasteiger partial charge on any atom is -0.497 e. The molecule has 3 aromatic carbocycles. The Morgan fingerprint density at radius 3 is 2.24 bits per heavy atom. The van der Waals surface area contributed by atoms with E-state index in [4.69, 9.17) is 4.74 Å². The fraction of sp³-hybridized carbons (Fsp3) is 0.143. The van der Waals surface area contributed by atoms with E-state index in [2.05, 4.69) is 15.0 Å². The molecular weight excluding hydrogens is 545 g/mol. The summed E-state index contributed by atoms with van der Waals surface area (Å²) in [6.45, 7) is -0.506. The van der Waals surface area contributed by atoms with Gasteiger partial charge in [0.05, 0.1) is 13.7 Å². The number of nitrogens with one attached hydrogen (secondary N) is 3. The second-order valence-corrected chi connectivity index (χ2v) is 8.70. The van der Waals surface area contributed by atoms with Gasteiger partial charge in [-0.05, 0) is 42.0 Å². The normalized spacial score (nSPS) is 11.0. The highest BCUT2D eigenvalue weighted by Gasteiger charge is 2.33. The number of ether oxygens (including phenoxy) is 2. The molecule has 0 spiro atoms. The number of anilines is 1. The van der Waals surface area contributed by atoms with Crippen molar-refractivity contribution in [2.75, 3.05) is 12.4 Å². The molecule has 0 aliphatic rings. The molecule has 0 saturated carbocycles. The van der Waals surface area contributed by atoms with E-state index < -0.39 is 41.7 Å². The number of methoxy groups -OCH3 is 1. The SMILES string of the molecule is COc1ccc(NC(=O)c2ccc(CN(Cc3ccccc3)C(=O)c3cc(=O)[nH]c(=O)[nH]3)c(OC(F)(F)F)c2)cc1. The highest BCUT2D eigenvalue weighted by molar-refractivity contribution is 6.04. The lowest BCUT2D eigenvalue weighted by Crippen LogP contribution is -2.34. The maximum absolute atomic E-state index is 13.4. The molecule has 2 amide bonds. The van der Waals surface area contributed by atoms with E-state index in [1.165, 1.54) is 19.2 Å². The quantitative estimate of drug-likeness (QED) is 0.279. The number of amides is 2. The van der Waals surface area contributed by atoms with Crippen LogP contribution in [0.4, 0.5) is 18.9 Å². The van der Waals surface area contributed by atoms with Crippen molar-refractivity contribution in [3.05, 3.63) is 122 Å². The molecule has 0 aliphatic carbocycles. The van der Waals surface area contributed by atoms with Crippen LogP contribution in [0.5, 0.6) is 11.5 Å². The van der Waals surface area contributed by atoms with Crippen molar-refractivity contribution in [1.29, 1.82) is 0 Å². The molecule has 212 valence electrons. The smallest absolute Gasteiger partial charge is 0.497 e. The molecular formula is C28H23F3N4O6. The van der Waals surface area contributed by atoms with Gasteiger partial charge < -0.3 is 24.7 Å². The van der Waals surface area contributed by atoms with Crippen LogP contribution in [-0.4, -0.2) is 40.2 Å². The van der Waals surface area contributed by atoms with E-state index in [0.717, 1.165) is 17.0 Å². The van der Waals surface area contributed by atoms with Crippen molar-refractivity contribution >= 4 is 17.5 Å². The van der Waals surface area contributed by atoms with Crippen LogP contribution in [0, 0.1) is 0 Å². The number of rotatable bonds is 9. The third-order valence-corrected chi connectivity index (χ3v) is 5.76. The predicted molar refractivity (Wildman–Crippen MR) is 142 cm³/mol. The Bertz CT molecular complexity index is 1620. The van der Waals surface area contributed by atoms with Gasteiger partial charge in [-0.1, -0.05) is 36.4 Å². The Morgan fingerprint density at radius 1 is 0.902 bits per heavy atom. The van der Waals surface area contributed by atoms with Gasteiger partial charge in [-0.25, -0.2) is 4.79 Å². The van der Waals surface area contributed by atoms with E-state index in [9.17, 15) is 32.3 Å². The summed E-state index contributed by atoms with van der Waals surface area (Å²) in [4.78, 5) is 55.0. The number of alkyl halides is 3. The number of carbonyl (C=O) groups excluding carboxylic acids is 2. The van der Waals surface area contributed by atoms with E-state index >= 15 is 0 Å². The molecule has 1 aromatic heterocycles. The van der Waals surface area contributed by atoms with Gasteiger partial charge >= 0.3 is 12.1 Å². The molecule has 1 heterocycles. The van der Waals surface area contributed by atoms with Crippen LogP contribution < -0.4 is 26.0 Å². The zero-order chi connectivity index (χ0) is 29.6. The molecule has 0 bridgehead atoms. The van der Waals surface area contributed by atoms with Crippen molar-refractivity contribution in [3.63, 3.8) is 0 Å². The lowest BCUT2D eigenvalue weighted by molar-refractivity contribution is -0.275. The van der Waals surface area contributed by atoms with Gasteiger partial charge in [0.25, 0.3) is 17.4 Å². The van der Waals surface area contributed by atoms with Gasteiger partial charge in [-0.3, -0.25) is 19.4 Å². The number of aromatic nitrogens is 2. The molecule has 0 radical (unpaired) electrons. The number of halogens is 3. The number of hydrogen-bond acceptors (Lipinski definition) is 6. The van der Waals surface area contributed by atoms with Gasteiger partial charge in [-0.2, -0.15) is 0 Å². The predicted octanol–water partition coefficient (Wildman–Crippen LogP) is 4.07. The lowest BCUT2D eigenvalue weighted by atomic mass is 10.1. The minimum atomic E-state index is -5.11. The average Bonchev–Trinajstić information content (AvgIpc) is 2.92. The standard InChI is InChI=1S/C28H23F3N4O6/c1-40-21-11-9-20(10-12-21)32-25(37)18-7-8-19(23(13-18)41-28(29,30)31)16-35(15-17-5-3-2-4-6-17)26(38)22-14-24(36)34-27(39)33-22/h2-14H,15-16H2,1H3,(H,32,37)(H2,33,34,36,39). The summed E-state index contributed by atoms with van der Waals surface area (Å²) in [5.74, 6) is -1.68. The van der Waals surface area contributed by atoms with Gasteiger partial charge in [0.1, 0.15) is 17.2 Å². The average molecular weight is 569 g/mol. The monoisotopic (exact) mass is 568 g/mol. The Morgan fingerprint density at radius 2 is 1.61 bits per heavy atom. The number of benzene rings is 3. The Hall–Kier alpha value is -5.33. The molecule has 4 rings (SSSR count). The summed E-state index contributed by atoms with van der Waals surface area (Å²) in [5.41, 5.74) is -1.32. The highest BCUT2D eigenvalue weighted by atomic mass is 19.4. The van der Waals surface area contributed by atoms with Crippen LogP contribution in [0.2, 0.25) is 0 Å². The fourth-order valence-electron chi connectivity index (χ4n) is 3.89. The van der Waals surface area contributed by atoms with Crippen molar-refractivity contribution in [3.8, 4) is 11.5 Å². The molecule has 0 saturated heterocycles. The summed E-state index contributed by atoms with van der Waals surface area (Å²) >= 11 is 0. The number of aromatic amines is 2. The Kier molecular flexibility index (Phi) is 8.56. The molecule has 0 aliphatic heterocycles. The topological polar surface area (TPSA) is 134 Å². The summed E-state index contributed by atoms with van der Waals surface area (Å²) in [6.07, 6.45) is -5.11. The first-order valence-corrected chi connectivity index (χ1v) is 12.0. The third-order valence-electron chi connectivity index (χ3n) is 5.76. The highest BCUT2D eigenvalue weighted by Crippen LogP contribution is 2.30. The maximum Gasteiger partial charge on any atom is 0.573 e. The van der Waals surface area contributed by atoms with Gasteiger partial charge in [0.15, 0.2) is 0 Å². The number of carbonyl (C=O) groups is 2. The molecule has 41 heavy (non-hydrogen) atoms.